The van der Waals surface area contributed by atoms with Gasteiger partial charge in [0.05, 0.1) is 12.2 Å². The smallest absolute Gasteiger partial charge is 0.123 e. The topological polar surface area (TPSA) is 29.5 Å². The van der Waals surface area contributed by atoms with Gasteiger partial charge >= 0.3 is 0 Å². The van der Waals surface area contributed by atoms with E-state index in [2.05, 4.69) is 0 Å². The van der Waals surface area contributed by atoms with Crippen molar-refractivity contribution in [1.29, 1.82) is 0 Å². The van der Waals surface area contributed by atoms with Crippen molar-refractivity contribution >= 4 is 0 Å². The molecule has 1 atom stereocenters. The molecule has 0 heterocycles. The van der Waals surface area contributed by atoms with Crippen molar-refractivity contribution in [2.24, 2.45) is 0 Å². The molecule has 2 heteroatoms. The van der Waals surface area contributed by atoms with E-state index >= 15 is 0 Å². The lowest BCUT2D eigenvalue weighted by Gasteiger charge is -2.13. The van der Waals surface area contributed by atoms with Crippen molar-refractivity contribution in [3.63, 3.8) is 0 Å². The van der Waals surface area contributed by atoms with E-state index in [0.717, 1.165) is 24.2 Å². The van der Waals surface area contributed by atoms with Crippen LogP contribution in [0, 0.1) is 0 Å². The predicted octanol–water partition coefficient (Wildman–Crippen LogP) is 2.45. The van der Waals surface area contributed by atoms with E-state index in [4.69, 9.17) is 4.74 Å². The van der Waals surface area contributed by atoms with Gasteiger partial charge in [0, 0.05) is 5.56 Å². The first-order chi connectivity index (χ1) is 6.68. The Balaban J connectivity index is 2.34. The van der Waals surface area contributed by atoms with Gasteiger partial charge in [0.15, 0.2) is 0 Å². The third kappa shape index (κ3) is 1.62. The van der Waals surface area contributed by atoms with Gasteiger partial charge in [-0.15, -0.1) is 0 Å². The number of fused-ring (bicyclic) bond motifs is 1. The Morgan fingerprint density at radius 3 is 2.93 bits per heavy atom. The van der Waals surface area contributed by atoms with Crippen molar-refractivity contribution in [3.05, 3.63) is 29.3 Å². The summed E-state index contributed by atoms with van der Waals surface area (Å²) in [6.07, 6.45) is 1.66. The maximum absolute atomic E-state index is 9.68. The molecule has 0 aliphatic heterocycles. The average molecular weight is 192 g/mol. The number of aliphatic hydroxyl groups excluding tert-OH is 1. The molecule has 0 spiro atoms. The van der Waals surface area contributed by atoms with Crippen molar-refractivity contribution < 1.29 is 9.84 Å². The molecule has 1 unspecified atom stereocenters. The molecule has 0 aromatic heterocycles. The third-order valence-electron chi connectivity index (χ3n) is 2.56. The van der Waals surface area contributed by atoms with Crippen molar-refractivity contribution in [2.75, 3.05) is 0 Å². The molecule has 1 aliphatic rings. The Morgan fingerprint density at radius 1 is 1.43 bits per heavy atom. The Kier molecular flexibility index (Phi) is 2.46. The van der Waals surface area contributed by atoms with Crippen LogP contribution in [-0.2, 0) is 6.42 Å². The van der Waals surface area contributed by atoms with E-state index in [1.165, 1.54) is 5.56 Å². The van der Waals surface area contributed by atoms with E-state index in [-0.39, 0.29) is 12.2 Å². The number of benzene rings is 1. The van der Waals surface area contributed by atoms with E-state index in [1.807, 2.05) is 32.0 Å². The Hall–Kier alpha value is -1.02. The van der Waals surface area contributed by atoms with Crippen LogP contribution in [0.3, 0.4) is 0 Å². The van der Waals surface area contributed by atoms with Gasteiger partial charge in [-0.05, 0) is 38.3 Å². The van der Waals surface area contributed by atoms with Gasteiger partial charge in [-0.1, -0.05) is 12.1 Å². The molecular weight excluding hydrogens is 176 g/mol. The largest absolute Gasteiger partial charge is 0.491 e. The molecule has 1 aliphatic carbocycles. The number of hydrogen-bond donors (Lipinski definition) is 1. The zero-order chi connectivity index (χ0) is 10.1. The second-order valence-electron chi connectivity index (χ2n) is 4.05. The lowest BCUT2D eigenvalue weighted by molar-refractivity contribution is 0.180. The fraction of sp³-hybridized carbons (Fsp3) is 0.500. The maximum atomic E-state index is 9.68. The first-order valence-electron chi connectivity index (χ1n) is 5.15. The van der Waals surface area contributed by atoms with Crippen LogP contribution in [0.15, 0.2) is 18.2 Å². The van der Waals surface area contributed by atoms with E-state index in [0.29, 0.717) is 0 Å². The number of aliphatic hydroxyl groups is 1. The standard InChI is InChI=1S/C12H16O2/c1-8(2)14-12-5-3-4-9-10(12)6-7-11(9)13/h3-5,8,11,13H,6-7H2,1-2H3. The molecule has 1 aromatic carbocycles. The van der Waals surface area contributed by atoms with Gasteiger partial charge in [-0.25, -0.2) is 0 Å². The van der Waals surface area contributed by atoms with Crippen LogP contribution in [0.2, 0.25) is 0 Å². The molecule has 0 bridgehead atoms. The van der Waals surface area contributed by atoms with Crippen LogP contribution in [0.25, 0.3) is 0 Å². The lowest BCUT2D eigenvalue weighted by atomic mass is 10.1. The minimum atomic E-state index is -0.291. The van der Waals surface area contributed by atoms with Gasteiger partial charge in [-0.2, -0.15) is 0 Å². The van der Waals surface area contributed by atoms with E-state index in [9.17, 15) is 5.11 Å². The Morgan fingerprint density at radius 2 is 2.21 bits per heavy atom. The minimum Gasteiger partial charge on any atom is -0.491 e. The monoisotopic (exact) mass is 192 g/mol. The highest BCUT2D eigenvalue weighted by Crippen LogP contribution is 2.36. The molecule has 1 aromatic rings. The highest BCUT2D eigenvalue weighted by atomic mass is 16.5. The zero-order valence-electron chi connectivity index (χ0n) is 8.66. The lowest BCUT2D eigenvalue weighted by Crippen LogP contribution is -2.07. The van der Waals surface area contributed by atoms with Gasteiger partial charge in [0.25, 0.3) is 0 Å². The van der Waals surface area contributed by atoms with Crippen LogP contribution in [0.4, 0.5) is 0 Å². The highest BCUT2D eigenvalue weighted by Gasteiger charge is 2.23. The van der Waals surface area contributed by atoms with Crippen LogP contribution in [0.5, 0.6) is 5.75 Å². The SMILES string of the molecule is CC(C)Oc1cccc2c1CCC2O. The molecule has 2 nitrogen and oxygen atoms in total. The summed E-state index contributed by atoms with van der Waals surface area (Å²) in [5.74, 6) is 0.939. The molecule has 0 amide bonds. The number of rotatable bonds is 2. The van der Waals surface area contributed by atoms with Gasteiger partial charge in [0.2, 0.25) is 0 Å². The molecular formula is C12H16O2. The maximum Gasteiger partial charge on any atom is 0.123 e. The summed E-state index contributed by atoms with van der Waals surface area (Å²) in [7, 11) is 0. The highest BCUT2D eigenvalue weighted by molar-refractivity contribution is 5.44. The number of hydrogen-bond acceptors (Lipinski definition) is 2. The second-order valence-corrected chi connectivity index (χ2v) is 4.05. The summed E-state index contributed by atoms with van der Waals surface area (Å²) in [6, 6.07) is 5.92. The first-order valence-corrected chi connectivity index (χ1v) is 5.15. The normalized spacial score (nSPS) is 19.9. The Bertz CT molecular complexity index is 331. The van der Waals surface area contributed by atoms with Crippen LogP contribution >= 0.6 is 0 Å². The molecule has 76 valence electrons. The van der Waals surface area contributed by atoms with Gasteiger partial charge < -0.3 is 9.84 Å². The molecule has 0 saturated carbocycles. The summed E-state index contributed by atoms with van der Waals surface area (Å²) >= 11 is 0. The number of ether oxygens (including phenoxy) is 1. The fourth-order valence-corrected chi connectivity index (χ4v) is 1.96. The molecule has 2 rings (SSSR count). The van der Waals surface area contributed by atoms with Gasteiger partial charge in [0.1, 0.15) is 5.75 Å². The first kappa shape index (κ1) is 9.53. The van der Waals surface area contributed by atoms with Crippen LogP contribution in [-0.4, -0.2) is 11.2 Å². The Labute approximate surface area is 84.5 Å². The second kappa shape index (κ2) is 3.62. The summed E-state index contributed by atoms with van der Waals surface area (Å²) in [5, 5.41) is 9.68. The predicted molar refractivity (Wildman–Crippen MR) is 55.5 cm³/mol. The van der Waals surface area contributed by atoms with E-state index < -0.39 is 0 Å². The summed E-state index contributed by atoms with van der Waals surface area (Å²) < 4.78 is 5.69. The summed E-state index contributed by atoms with van der Waals surface area (Å²) in [4.78, 5) is 0. The average Bonchev–Trinajstić information content (AvgIpc) is 2.49. The van der Waals surface area contributed by atoms with E-state index in [1.54, 1.807) is 0 Å². The summed E-state index contributed by atoms with van der Waals surface area (Å²) in [5.41, 5.74) is 2.23. The van der Waals surface area contributed by atoms with Crippen molar-refractivity contribution in [1.82, 2.24) is 0 Å². The van der Waals surface area contributed by atoms with Gasteiger partial charge in [-0.3, -0.25) is 0 Å². The van der Waals surface area contributed by atoms with Crippen LogP contribution < -0.4 is 4.74 Å². The molecule has 14 heavy (non-hydrogen) atoms. The quantitative estimate of drug-likeness (QED) is 0.780. The minimum absolute atomic E-state index is 0.194. The summed E-state index contributed by atoms with van der Waals surface area (Å²) in [6.45, 7) is 4.04. The zero-order valence-corrected chi connectivity index (χ0v) is 8.66. The molecule has 1 N–H and O–H groups in total. The van der Waals surface area contributed by atoms with Crippen molar-refractivity contribution in [2.45, 2.75) is 38.9 Å². The fourth-order valence-electron chi connectivity index (χ4n) is 1.96. The molecule has 0 saturated heterocycles. The molecule has 0 radical (unpaired) electrons. The van der Waals surface area contributed by atoms with Crippen LogP contribution in [0.1, 0.15) is 37.5 Å². The third-order valence-corrected chi connectivity index (χ3v) is 2.56. The molecule has 0 fully saturated rings. The van der Waals surface area contributed by atoms with Crippen molar-refractivity contribution in [3.8, 4) is 5.75 Å².